The molecule has 23 heavy (non-hydrogen) atoms. The van der Waals surface area contributed by atoms with Crippen LogP contribution in [0.2, 0.25) is 5.02 Å². The van der Waals surface area contributed by atoms with Gasteiger partial charge in [-0.05, 0) is 18.2 Å². The molecule has 0 atom stereocenters. The molecule has 0 N–H and O–H groups in total. The standard InChI is InChI=1S/C14H4BrClF6S/c15-8-4-10-6(3-7(8)13(17,18)19)5-1-2-9(16)11(12(5)23-10)14(20,21)22/h1-4H. The van der Waals surface area contributed by atoms with Crippen molar-refractivity contribution < 1.29 is 26.3 Å². The Hall–Kier alpha value is -0.990. The molecule has 0 saturated heterocycles. The Kier molecular flexibility index (Phi) is 3.85. The predicted octanol–water partition coefficient (Wildman–Crippen LogP) is 7.51. The maximum Gasteiger partial charge on any atom is 0.419 e. The van der Waals surface area contributed by atoms with Gasteiger partial charge in [0.1, 0.15) is 0 Å². The SMILES string of the molecule is FC(F)(F)c1cc2c(cc1Br)sc1c(C(F)(F)F)c(Cl)ccc12. The van der Waals surface area contributed by atoms with Gasteiger partial charge in [-0.25, -0.2) is 0 Å². The van der Waals surface area contributed by atoms with Crippen molar-refractivity contribution >= 4 is 59.0 Å². The average Bonchev–Trinajstić information content (AvgIpc) is 2.71. The van der Waals surface area contributed by atoms with Crippen molar-refractivity contribution in [1.29, 1.82) is 0 Å². The second-order valence-corrected chi connectivity index (χ2v) is 7.04. The molecular weight excluding hydrogens is 430 g/mol. The van der Waals surface area contributed by atoms with Crippen molar-refractivity contribution in [2.45, 2.75) is 12.4 Å². The van der Waals surface area contributed by atoms with Crippen molar-refractivity contribution in [3.8, 4) is 0 Å². The van der Waals surface area contributed by atoms with Crippen LogP contribution in [0.1, 0.15) is 11.1 Å². The van der Waals surface area contributed by atoms with Crippen molar-refractivity contribution in [2.24, 2.45) is 0 Å². The van der Waals surface area contributed by atoms with E-state index in [9.17, 15) is 26.3 Å². The van der Waals surface area contributed by atoms with E-state index in [1.165, 1.54) is 12.1 Å². The molecule has 2 aromatic carbocycles. The summed E-state index contributed by atoms with van der Waals surface area (Å²) < 4.78 is 78.4. The smallest absolute Gasteiger partial charge is 0.166 e. The van der Waals surface area contributed by atoms with Crippen molar-refractivity contribution in [3.05, 3.63) is 44.9 Å². The van der Waals surface area contributed by atoms with Crippen LogP contribution in [0.5, 0.6) is 0 Å². The molecule has 1 heterocycles. The third-order valence-electron chi connectivity index (χ3n) is 3.27. The van der Waals surface area contributed by atoms with E-state index >= 15 is 0 Å². The van der Waals surface area contributed by atoms with Crippen LogP contribution in [0, 0.1) is 0 Å². The molecule has 0 aliphatic heterocycles. The van der Waals surface area contributed by atoms with E-state index in [4.69, 9.17) is 11.6 Å². The van der Waals surface area contributed by atoms with Gasteiger partial charge in [-0.3, -0.25) is 0 Å². The van der Waals surface area contributed by atoms with Crippen molar-refractivity contribution in [3.63, 3.8) is 0 Å². The van der Waals surface area contributed by atoms with Gasteiger partial charge in [0.15, 0.2) is 0 Å². The minimum Gasteiger partial charge on any atom is -0.166 e. The van der Waals surface area contributed by atoms with Crippen LogP contribution in [-0.2, 0) is 12.4 Å². The maximum absolute atomic E-state index is 13.2. The molecule has 122 valence electrons. The number of hydrogen-bond acceptors (Lipinski definition) is 1. The second-order valence-electron chi connectivity index (χ2n) is 4.72. The summed E-state index contributed by atoms with van der Waals surface area (Å²) in [6.07, 6.45) is -9.30. The van der Waals surface area contributed by atoms with Gasteiger partial charge in [-0.2, -0.15) is 26.3 Å². The fourth-order valence-corrected chi connectivity index (χ4v) is 4.65. The summed E-state index contributed by atoms with van der Waals surface area (Å²) in [5.41, 5.74) is -1.96. The van der Waals surface area contributed by atoms with Crippen LogP contribution >= 0.6 is 38.9 Å². The quantitative estimate of drug-likeness (QED) is 0.322. The molecule has 0 aliphatic carbocycles. The molecule has 0 aliphatic rings. The second kappa shape index (κ2) is 5.26. The van der Waals surface area contributed by atoms with Gasteiger partial charge in [0.2, 0.25) is 0 Å². The molecule has 0 fully saturated rings. The molecule has 0 radical (unpaired) electrons. The van der Waals surface area contributed by atoms with E-state index in [1.54, 1.807) is 0 Å². The zero-order valence-electron chi connectivity index (χ0n) is 10.7. The highest BCUT2D eigenvalue weighted by molar-refractivity contribution is 9.10. The highest BCUT2D eigenvalue weighted by atomic mass is 79.9. The number of thiophene rings is 1. The van der Waals surface area contributed by atoms with E-state index in [2.05, 4.69) is 15.9 Å². The molecule has 9 heteroatoms. The minimum atomic E-state index is -4.69. The third-order valence-corrected chi connectivity index (χ3v) is 5.42. The average molecular weight is 434 g/mol. The Morgan fingerprint density at radius 1 is 0.913 bits per heavy atom. The molecule has 0 bridgehead atoms. The fourth-order valence-electron chi connectivity index (χ4n) is 2.32. The first-order valence-corrected chi connectivity index (χ1v) is 7.97. The molecule has 0 spiro atoms. The molecule has 1 aromatic heterocycles. The Morgan fingerprint density at radius 3 is 2.13 bits per heavy atom. The Labute approximate surface area is 142 Å². The summed E-state index contributed by atoms with van der Waals surface area (Å²) in [6, 6.07) is 4.39. The summed E-state index contributed by atoms with van der Waals surface area (Å²) in [7, 11) is 0. The normalized spacial score (nSPS) is 13.2. The lowest BCUT2D eigenvalue weighted by Crippen LogP contribution is -2.06. The lowest BCUT2D eigenvalue weighted by molar-refractivity contribution is -0.138. The van der Waals surface area contributed by atoms with E-state index < -0.39 is 28.5 Å². The minimum absolute atomic E-state index is 0.0970. The highest BCUT2D eigenvalue weighted by Crippen LogP contribution is 2.47. The van der Waals surface area contributed by atoms with Crippen molar-refractivity contribution in [2.75, 3.05) is 0 Å². The van der Waals surface area contributed by atoms with E-state index in [0.717, 1.165) is 23.5 Å². The first-order chi connectivity index (χ1) is 10.5. The predicted molar refractivity (Wildman–Crippen MR) is 82.0 cm³/mol. The molecule has 0 unspecified atom stereocenters. The van der Waals surface area contributed by atoms with Crippen LogP contribution in [-0.4, -0.2) is 0 Å². The van der Waals surface area contributed by atoms with Gasteiger partial charge >= 0.3 is 12.4 Å². The van der Waals surface area contributed by atoms with Gasteiger partial charge in [-0.15, -0.1) is 11.3 Å². The number of halogens is 8. The van der Waals surface area contributed by atoms with E-state index in [0.29, 0.717) is 4.70 Å². The number of fused-ring (bicyclic) bond motifs is 3. The fraction of sp³-hybridized carbons (Fsp3) is 0.143. The zero-order valence-corrected chi connectivity index (χ0v) is 13.9. The topological polar surface area (TPSA) is 0 Å². The van der Waals surface area contributed by atoms with Crippen LogP contribution in [0.3, 0.4) is 0 Å². The van der Waals surface area contributed by atoms with Crippen molar-refractivity contribution in [1.82, 2.24) is 0 Å². The first kappa shape index (κ1) is 16.9. The molecular formula is C14H4BrClF6S. The highest BCUT2D eigenvalue weighted by Gasteiger charge is 2.37. The molecule has 0 saturated carbocycles. The summed E-state index contributed by atoms with van der Waals surface area (Å²) in [4.78, 5) is 0. The van der Waals surface area contributed by atoms with Gasteiger partial charge in [0.05, 0.1) is 16.1 Å². The van der Waals surface area contributed by atoms with Crippen LogP contribution < -0.4 is 0 Å². The van der Waals surface area contributed by atoms with Gasteiger partial charge < -0.3 is 0 Å². The Bertz CT molecular complexity index is 925. The summed E-state index contributed by atoms with van der Waals surface area (Å²) in [5.74, 6) is 0. The molecule has 3 aromatic rings. The van der Waals surface area contributed by atoms with Crippen LogP contribution in [0.25, 0.3) is 20.2 Å². The number of benzene rings is 2. The summed E-state index contributed by atoms with van der Waals surface area (Å²) in [6.45, 7) is 0. The zero-order chi connectivity index (χ0) is 17.2. The van der Waals surface area contributed by atoms with Gasteiger partial charge in [-0.1, -0.05) is 33.6 Å². The largest absolute Gasteiger partial charge is 0.419 e. The first-order valence-electron chi connectivity index (χ1n) is 5.99. The van der Waals surface area contributed by atoms with E-state index in [1.807, 2.05) is 0 Å². The monoisotopic (exact) mass is 432 g/mol. The number of rotatable bonds is 0. The third kappa shape index (κ3) is 2.81. The lowest BCUT2D eigenvalue weighted by atomic mass is 10.1. The molecule has 0 nitrogen and oxygen atoms in total. The Balaban J connectivity index is 2.45. The Morgan fingerprint density at radius 2 is 1.57 bits per heavy atom. The lowest BCUT2D eigenvalue weighted by Gasteiger charge is -2.10. The number of alkyl halides is 6. The molecule has 0 amide bonds. The maximum atomic E-state index is 13.2. The van der Waals surface area contributed by atoms with Crippen LogP contribution in [0.4, 0.5) is 26.3 Å². The summed E-state index contributed by atoms with van der Waals surface area (Å²) >= 11 is 9.23. The van der Waals surface area contributed by atoms with E-state index in [-0.39, 0.29) is 19.9 Å². The summed E-state index contributed by atoms with van der Waals surface area (Å²) in [5, 5.41) is -0.269. The molecule has 3 rings (SSSR count). The van der Waals surface area contributed by atoms with Gasteiger partial charge in [0, 0.05) is 24.6 Å². The number of hydrogen-bond donors (Lipinski definition) is 0. The van der Waals surface area contributed by atoms with Crippen LogP contribution in [0.15, 0.2) is 28.7 Å². The van der Waals surface area contributed by atoms with Gasteiger partial charge in [0.25, 0.3) is 0 Å².